The first kappa shape index (κ1) is 18.2. The number of pyridine rings is 1. The zero-order valence-corrected chi connectivity index (χ0v) is 15.1. The first-order valence-electron chi connectivity index (χ1n) is 6.86. The molecule has 0 saturated heterocycles. The first-order valence-corrected chi connectivity index (χ1v) is 6.86. The number of halogens is 1. The van der Waals surface area contributed by atoms with Gasteiger partial charge in [-0.15, -0.1) is 24.0 Å². The van der Waals surface area contributed by atoms with Gasteiger partial charge in [0.05, 0.1) is 19.3 Å². The minimum absolute atomic E-state index is 0. The Labute approximate surface area is 148 Å². The monoisotopic (exact) mass is 412 g/mol. The quantitative estimate of drug-likeness (QED) is 0.450. The molecule has 2 aromatic rings. The molecule has 5 nitrogen and oxygen atoms in total. The number of nitrogens with two attached hydrogens (primary N) is 1. The van der Waals surface area contributed by atoms with Crippen LogP contribution in [-0.2, 0) is 13.0 Å². The van der Waals surface area contributed by atoms with Gasteiger partial charge < -0.3 is 15.8 Å². The molecule has 0 saturated carbocycles. The van der Waals surface area contributed by atoms with Crippen molar-refractivity contribution in [3.8, 4) is 5.75 Å². The van der Waals surface area contributed by atoms with E-state index < -0.39 is 0 Å². The van der Waals surface area contributed by atoms with Crippen molar-refractivity contribution in [2.24, 2.45) is 10.7 Å². The molecule has 0 aliphatic heterocycles. The second-order valence-electron chi connectivity index (χ2n) is 4.57. The number of aryl methyl sites for hydroxylation is 1. The third-order valence-corrected chi connectivity index (χ3v) is 3.04. The van der Waals surface area contributed by atoms with Gasteiger partial charge in [-0.2, -0.15) is 0 Å². The molecule has 0 amide bonds. The van der Waals surface area contributed by atoms with Crippen LogP contribution >= 0.6 is 24.0 Å². The number of rotatable bonds is 5. The van der Waals surface area contributed by atoms with Crippen LogP contribution in [0.1, 0.15) is 18.2 Å². The van der Waals surface area contributed by atoms with E-state index in [1.807, 2.05) is 36.4 Å². The number of nitrogens with one attached hydrogen (secondary N) is 1. The molecular formula is C16H21IN4O. The molecule has 0 radical (unpaired) electrons. The summed E-state index contributed by atoms with van der Waals surface area (Å²) in [6.45, 7) is 2.57. The van der Waals surface area contributed by atoms with Gasteiger partial charge in [0.25, 0.3) is 0 Å². The van der Waals surface area contributed by atoms with Crippen molar-refractivity contribution in [1.29, 1.82) is 0 Å². The molecule has 2 rings (SSSR count). The Morgan fingerprint density at radius 1 is 1.32 bits per heavy atom. The van der Waals surface area contributed by atoms with E-state index in [1.165, 1.54) is 5.56 Å². The lowest BCUT2D eigenvalue weighted by Crippen LogP contribution is -2.22. The fourth-order valence-electron chi connectivity index (χ4n) is 1.89. The standard InChI is InChI=1S/C16H20N4O.HI/c1-3-12-7-8-18-14(9-12)11-19-16(17)20-13-5-4-6-15(10-13)21-2;/h4-10H,3,11H2,1-2H3,(H3,17,19,20);1H. The van der Waals surface area contributed by atoms with Crippen molar-refractivity contribution in [2.45, 2.75) is 19.9 Å². The smallest absolute Gasteiger partial charge is 0.193 e. The molecule has 0 unspecified atom stereocenters. The van der Waals surface area contributed by atoms with Gasteiger partial charge in [-0.05, 0) is 36.2 Å². The maximum Gasteiger partial charge on any atom is 0.193 e. The number of benzene rings is 1. The average Bonchev–Trinajstić information content (AvgIpc) is 2.53. The molecular weight excluding hydrogens is 391 g/mol. The molecule has 1 heterocycles. The van der Waals surface area contributed by atoms with Crippen LogP contribution in [0.15, 0.2) is 47.6 Å². The van der Waals surface area contributed by atoms with Crippen LogP contribution in [0.5, 0.6) is 5.75 Å². The molecule has 3 N–H and O–H groups in total. The van der Waals surface area contributed by atoms with E-state index in [9.17, 15) is 0 Å². The lowest BCUT2D eigenvalue weighted by Gasteiger charge is -2.07. The highest BCUT2D eigenvalue weighted by atomic mass is 127. The van der Waals surface area contributed by atoms with Crippen molar-refractivity contribution < 1.29 is 4.74 Å². The molecule has 1 aromatic carbocycles. The number of aromatic nitrogens is 1. The number of guanidine groups is 1. The molecule has 0 atom stereocenters. The van der Waals surface area contributed by atoms with Gasteiger partial charge in [-0.1, -0.05) is 13.0 Å². The van der Waals surface area contributed by atoms with E-state index in [1.54, 1.807) is 13.3 Å². The summed E-state index contributed by atoms with van der Waals surface area (Å²) in [7, 11) is 1.63. The number of hydrogen-bond acceptors (Lipinski definition) is 3. The second kappa shape index (κ2) is 9.24. The number of hydrogen-bond donors (Lipinski definition) is 2. The summed E-state index contributed by atoms with van der Waals surface area (Å²) in [5.41, 5.74) is 8.88. The fourth-order valence-corrected chi connectivity index (χ4v) is 1.89. The van der Waals surface area contributed by atoms with Gasteiger partial charge in [-0.25, -0.2) is 4.99 Å². The van der Waals surface area contributed by atoms with E-state index in [4.69, 9.17) is 10.5 Å². The van der Waals surface area contributed by atoms with Crippen molar-refractivity contribution in [3.05, 3.63) is 53.9 Å². The molecule has 0 aliphatic carbocycles. The third kappa shape index (κ3) is 5.51. The van der Waals surface area contributed by atoms with E-state index in [0.29, 0.717) is 12.5 Å². The predicted octanol–water partition coefficient (Wildman–Crippen LogP) is 3.20. The van der Waals surface area contributed by atoms with Crippen molar-refractivity contribution in [3.63, 3.8) is 0 Å². The minimum atomic E-state index is 0. The maximum atomic E-state index is 5.89. The molecule has 1 aromatic heterocycles. The number of methoxy groups -OCH3 is 1. The maximum absolute atomic E-state index is 5.89. The number of ether oxygens (including phenoxy) is 1. The summed E-state index contributed by atoms with van der Waals surface area (Å²) in [6, 6.07) is 11.6. The van der Waals surface area contributed by atoms with Gasteiger partial charge >= 0.3 is 0 Å². The van der Waals surface area contributed by atoms with Crippen LogP contribution < -0.4 is 15.8 Å². The summed E-state index contributed by atoms with van der Waals surface area (Å²) in [5, 5.41) is 3.04. The van der Waals surface area contributed by atoms with Crippen LogP contribution in [0.4, 0.5) is 5.69 Å². The Morgan fingerprint density at radius 3 is 2.86 bits per heavy atom. The van der Waals surface area contributed by atoms with Crippen LogP contribution in [0.3, 0.4) is 0 Å². The van der Waals surface area contributed by atoms with Gasteiger partial charge in [0.2, 0.25) is 0 Å². The SMILES string of the molecule is CCc1ccnc(CN=C(N)Nc2cccc(OC)c2)c1.I. The summed E-state index contributed by atoms with van der Waals surface area (Å²) in [5.74, 6) is 1.12. The zero-order chi connectivity index (χ0) is 15.1. The van der Waals surface area contributed by atoms with E-state index >= 15 is 0 Å². The summed E-state index contributed by atoms with van der Waals surface area (Å²) >= 11 is 0. The van der Waals surface area contributed by atoms with Crippen LogP contribution in [0.2, 0.25) is 0 Å². The summed E-state index contributed by atoms with van der Waals surface area (Å²) in [4.78, 5) is 8.58. The van der Waals surface area contributed by atoms with Crippen LogP contribution in [0.25, 0.3) is 0 Å². The topological polar surface area (TPSA) is 72.5 Å². The first-order chi connectivity index (χ1) is 10.2. The molecule has 118 valence electrons. The zero-order valence-electron chi connectivity index (χ0n) is 12.7. The van der Waals surface area contributed by atoms with Gasteiger partial charge in [-0.3, -0.25) is 4.98 Å². The minimum Gasteiger partial charge on any atom is -0.497 e. The highest BCUT2D eigenvalue weighted by Crippen LogP contribution is 2.16. The lowest BCUT2D eigenvalue weighted by atomic mass is 10.2. The van der Waals surface area contributed by atoms with E-state index in [-0.39, 0.29) is 24.0 Å². The molecule has 0 spiro atoms. The molecule has 0 bridgehead atoms. The summed E-state index contributed by atoms with van der Waals surface area (Å²) < 4.78 is 5.16. The summed E-state index contributed by atoms with van der Waals surface area (Å²) in [6.07, 6.45) is 2.78. The highest BCUT2D eigenvalue weighted by Gasteiger charge is 1.99. The Balaban J connectivity index is 0.00000242. The lowest BCUT2D eigenvalue weighted by molar-refractivity contribution is 0.415. The number of anilines is 1. The number of aliphatic imine (C=N–C) groups is 1. The highest BCUT2D eigenvalue weighted by molar-refractivity contribution is 14.0. The Hall–Kier alpha value is -1.83. The molecule has 6 heteroatoms. The van der Waals surface area contributed by atoms with E-state index in [0.717, 1.165) is 23.6 Å². The Kier molecular flexibility index (Phi) is 7.65. The van der Waals surface area contributed by atoms with Crippen LogP contribution in [-0.4, -0.2) is 18.1 Å². The van der Waals surface area contributed by atoms with Crippen LogP contribution in [0, 0.1) is 0 Å². The van der Waals surface area contributed by atoms with Crippen molar-refractivity contribution >= 4 is 35.6 Å². The number of nitrogens with zero attached hydrogens (tertiary/aromatic N) is 2. The molecule has 0 fully saturated rings. The fraction of sp³-hybridized carbons (Fsp3) is 0.250. The predicted molar refractivity (Wildman–Crippen MR) is 101 cm³/mol. The average molecular weight is 412 g/mol. The molecule has 0 aliphatic rings. The van der Waals surface area contributed by atoms with Gasteiger partial charge in [0.1, 0.15) is 5.75 Å². The largest absolute Gasteiger partial charge is 0.497 e. The van der Waals surface area contributed by atoms with E-state index in [2.05, 4.69) is 22.2 Å². The second-order valence-corrected chi connectivity index (χ2v) is 4.57. The Morgan fingerprint density at radius 2 is 2.14 bits per heavy atom. The Bertz CT molecular complexity index is 631. The normalized spacial score (nSPS) is 10.7. The molecule has 22 heavy (non-hydrogen) atoms. The van der Waals surface area contributed by atoms with Crippen molar-refractivity contribution in [2.75, 3.05) is 12.4 Å². The van der Waals surface area contributed by atoms with Crippen molar-refractivity contribution in [1.82, 2.24) is 4.98 Å². The van der Waals surface area contributed by atoms with Gasteiger partial charge in [0, 0.05) is 18.0 Å². The third-order valence-electron chi connectivity index (χ3n) is 3.04. The van der Waals surface area contributed by atoms with Gasteiger partial charge in [0.15, 0.2) is 5.96 Å².